The van der Waals surface area contributed by atoms with Crippen molar-refractivity contribution >= 4 is 11.7 Å². The van der Waals surface area contributed by atoms with Crippen molar-refractivity contribution in [3.63, 3.8) is 0 Å². The van der Waals surface area contributed by atoms with Gasteiger partial charge in [-0.3, -0.25) is 9.59 Å². The highest BCUT2D eigenvalue weighted by atomic mass is 19.3. The summed E-state index contributed by atoms with van der Waals surface area (Å²) in [4.78, 5) is 27.5. The molecule has 0 unspecified atom stereocenters. The first-order valence-corrected chi connectivity index (χ1v) is 8.02. The molecule has 2 N–H and O–H groups in total. The van der Waals surface area contributed by atoms with Gasteiger partial charge < -0.3 is 15.0 Å². The van der Waals surface area contributed by atoms with E-state index in [1.807, 2.05) is 0 Å². The second-order valence-electron chi connectivity index (χ2n) is 5.96. The number of rotatable bonds is 5. The number of aromatic amines is 1. The van der Waals surface area contributed by atoms with E-state index in [2.05, 4.69) is 15.0 Å². The Kier molecular flexibility index (Phi) is 4.83. The Bertz CT molecular complexity index is 815. The van der Waals surface area contributed by atoms with Crippen LogP contribution in [0.2, 0.25) is 0 Å². The smallest absolute Gasteiger partial charge is 0.387 e. The van der Waals surface area contributed by atoms with E-state index in [9.17, 15) is 18.4 Å². The first-order valence-electron chi connectivity index (χ1n) is 8.02. The molecule has 1 aromatic heterocycles. The highest BCUT2D eigenvalue weighted by Crippen LogP contribution is 2.26. The SMILES string of the molecule is Cc1c(C(=O)NCc2cccc(OC(F)F)c2)[nH]c2c1C(=O)CCC2. The number of carbonyl (C=O) groups is 2. The van der Waals surface area contributed by atoms with E-state index in [1.165, 1.54) is 12.1 Å². The Labute approximate surface area is 143 Å². The Morgan fingerprint density at radius 1 is 1.36 bits per heavy atom. The van der Waals surface area contributed by atoms with E-state index in [4.69, 9.17) is 0 Å². The number of aryl methyl sites for hydroxylation is 1. The zero-order valence-corrected chi connectivity index (χ0v) is 13.7. The van der Waals surface area contributed by atoms with Crippen molar-refractivity contribution in [1.82, 2.24) is 10.3 Å². The maximum absolute atomic E-state index is 12.4. The number of ether oxygens (including phenoxy) is 1. The third kappa shape index (κ3) is 3.70. The predicted octanol–water partition coefficient (Wildman–Crippen LogP) is 3.37. The van der Waals surface area contributed by atoms with E-state index in [0.717, 1.165) is 18.5 Å². The Hall–Kier alpha value is -2.70. The first kappa shape index (κ1) is 17.1. The molecule has 3 rings (SSSR count). The summed E-state index contributed by atoms with van der Waals surface area (Å²) in [7, 11) is 0. The van der Waals surface area contributed by atoms with Gasteiger partial charge in [0.15, 0.2) is 5.78 Å². The third-order valence-electron chi connectivity index (χ3n) is 4.24. The molecule has 0 fully saturated rings. The lowest BCUT2D eigenvalue weighted by molar-refractivity contribution is -0.0498. The van der Waals surface area contributed by atoms with Crippen LogP contribution >= 0.6 is 0 Å². The fraction of sp³-hybridized carbons (Fsp3) is 0.333. The van der Waals surface area contributed by atoms with Gasteiger partial charge in [0.25, 0.3) is 5.91 Å². The number of fused-ring (bicyclic) bond motifs is 1. The molecule has 0 saturated heterocycles. The number of benzene rings is 1. The van der Waals surface area contributed by atoms with Gasteiger partial charge in [0, 0.05) is 24.2 Å². The molecule has 0 aliphatic heterocycles. The lowest BCUT2D eigenvalue weighted by Crippen LogP contribution is -2.24. The van der Waals surface area contributed by atoms with Crippen molar-refractivity contribution in [2.24, 2.45) is 0 Å². The topological polar surface area (TPSA) is 71.2 Å². The van der Waals surface area contributed by atoms with Gasteiger partial charge in [-0.25, -0.2) is 0 Å². The molecule has 0 spiro atoms. The predicted molar refractivity (Wildman–Crippen MR) is 87.0 cm³/mol. The summed E-state index contributed by atoms with van der Waals surface area (Å²) in [5.41, 5.74) is 3.11. The molecule has 7 heteroatoms. The minimum absolute atomic E-state index is 0.0406. The van der Waals surface area contributed by atoms with E-state index >= 15 is 0 Å². The number of alkyl halides is 2. The van der Waals surface area contributed by atoms with Crippen LogP contribution in [0.4, 0.5) is 8.78 Å². The fourth-order valence-electron chi connectivity index (χ4n) is 3.10. The Morgan fingerprint density at radius 2 is 2.16 bits per heavy atom. The summed E-state index contributed by atoms with van der Waals surface area (Å²) in [5.74, 6) is -0.232. The Morgan fingerprint density at radius 3 is 2.88 bits per heavy atom. The van der Waals surface area contributed by atoms with Crippen molar-refractivity contribution in [2.45, 2.75) is 39.3 Å². The molecule has 1 aliphatic rings. The van der Waals surface area contributed by atoms with E-state index < -0.39 is 6.61 Å². The van der Waals surface area contributed by atoms with Crippen molar-refractivity contribution in [3.8, 4) is 5.75 Å². The maximum Gasteiger partial charge on any atom is 0.387 e. The molecule has 1 aromatic carbocycles. The number of hydrogen-bond donors (Lipinski definition) is 2. The highest BCUT2D eigenvalue weighted by Gasteiger charge is 2.26. The van der Waals surface area contributed by atoms with Gasteiger partial charge >= 0.3 is 6.61 Å². The van der Waals surface area contributed by atoms with Crippen LogP contribution < -0.4 is 10.1 Å². The molecule has 132 valence electrons. The minimum atomic E-state index is -2.89. The molecule has 5 nitrogen and oxygen atoms in total. The molecule has 0 atom stereocenters. The van der Waals surface area contributed by atoms with Gasteiger partial charge in [0.2, 0.25) is 0 Å². The van der Waals surface area contributed by atoms with Crippen LogP contribution in [-0.4, -0.2) is 23.3 Å². The molecule has 25 heavy (non-hydrogen) atoms. The van der Waals surface area contributed by atoms with E-state index in [-0.39, 0.29) is 24.0 Å². The largest absolute Gasteiger partial charge is 0.435 e. The van der Waals surface area contributed by atoms with Crippen LogP contribution in [0, 0.1) is 6.92 Å². The average molecular weight is 348 g/mol. The molecule has 1 amide bonds. The normalized spacial score (nSPS) is 13.7. The zero-order chi connectivity index (χ0) is 18.0. The van der Waals surface area contributed by atoms with Gasteiger partial charge in [0.1, 0.15) is 11.4 Å². The average Bonchev–Trinajstić information content (AvgIpc) is 2.91. The minimum Gasteiger partial charge on any atom is -0.435 e. The zero-order valence-electron chi connectivity index (χ0n) is 13.7. The third-order valence-corrected chi connectivity index (χ3v) is 4.24. The van der Waals surface area contributed by atoms with E-state index in [0.29, 0.717) is 28.8 Å². The Balaban J connectivity index is 1.70. The molecule has 1 aliphatic carbocycles. The number of hydrogen-bond acceptors (Lipinski definition) is 3. The number of carbonyl (C=O) groups excluding carboxylic acids is 2. The van der Waals surface area contributed by atoms with Crippen molar-refractivity contribution < 1.29 is 23.1 Å². The second-order valence-corrected chi connectivity index (χ2v) is 5.96. The van der Waals surface area contributed by atoms with Crippen LogP contribution in [0.5, 0.6) is 5.75 Å². The molecule has 1 heterocycles. The molecule has 0 saturated carbocycles. The lowest BCUT2D eigenvalue weighted by Gasteiger charge is -2.09. The highest BCUT2D eigenvalue weighted by molar-refractivity contribution is 6.04. The van der Waals surface area contributed by atoms with Crippen LogP contribution in [0.25, 0.3) is 0 Å². The second kappa shape index (κ2) is 7.04. The molecule has 0 bridgehead atoms. The van der Waals surface area contributed by atoms with Crippen LogP contribution in [0.15, 0.2) is 24.3 Å². The monoisotopic (exact) mass is 348 g/mol. The number of H-pyrrole nitrogens is 1. The molecular weight excluding hydrogens is 330 g/mol. The molecule has 2 aromatic rings. The van der Waals surface area contributed by atoms with Gasteiger partial charge in [-0.2, -0.15) is 8.78 Å². The number of ketones is 1. The number of nitrogens with one attached hydrogen (secondary N) is 2. The van der Waals surface area contributed by atoms with Gasteiger partial charge in [-0.05, 0) is 43.0 Å². The quantitative estimate of drug-likeness (QED) is 0.870. The summed E-state index contributed by atoms with van der Waals surface area (Å²) >= 11 is 0. The summed E-state index contributed by atoms with van der Waals surface area (Å²) in [6.45, 7) is -0.976. The standard InChI is InChI=1S/C18H18F2N2O3/c1-10-15-13(6-3-7-14(15)23)22-16(10)17(24)21-9-11-4-2-5-12(8-11)25-18(19)20/h2,4-5,8,18,22H,3,6-7,9H2,1H3,(H,21,24). The maximum atomic E-state index is 12.4. The number of aromatic nitrogens is 1. The summed E-state index contributed by atoms with van der Waals surface area (Å²) in [6.07, 6.45) is 2.04. The summed E-state index contributed by atoms with van der Waals surface area (Å²) < 4.78 is 28.8. The van der Waals surface area contributed by atoms with Crippen molar-refractivity contribution in [3.05, 3.63) is 52.3 Å². The van der Waals surface area contributed by atoms with E-state index in [1.54, 1.807) is 19.1 Å². The van der Waals surface area contributed by atoms with Crippen LogP contribution in [0.3, 0.4) is 0 Å². The van der Waals surface area contributed by atoms with Gasteiger partial charge in [-0.15, -0.1) is 0 Å². The summed E-state index contributed by atoms with van der Waals surface area (Å²) in [5, 5.41) is 2.74. The summed E-state index contributed by atoms with van der Waals surface area (Å²) in [6, 6.07) is 6.15. The van der Waals surface area contributed by atoms with Gasteiger partial charge in [0.05, 0.1) is 0 Å². The van der Waals surface area contributed by atoms with Crippen LogP contribution in [-0.2, 0) is 13.0 Å². The molecule has 0 radical (unpaired) electrons. The first-order chi connectivity index (χ1) is 12.0. The number of Topliss-reactive ketones (excluding diaryl/α,β-unsaturated/α-hetero) is 1. The van der Waals surface area contributed by atoms with Crippen LogP contribution in [0.1, 0.15) is 50.5 Å². The number of halogens is 2. The lowest BCUT2D eigenvalue weighted by atomic mass is 9.94. The number of amides is 1. The fourth-order valence-corrected chi connectivity index (χ4v) is 3.10. The van der Waals surface area contributed by atoms with Crippen molar-refractivity contribution in [1.29, 1.82) is 0 Å². The van der Waals surface area contributed by atoms with Crippen molar-refractivity contribution in [2.75, 3.05) is 0 Å². The molecular formula is C18H18F2N2O3. The van der Waals surface area contributed by atoms with Gasteiger partial charge in [-0.1, -0.05) is 12.1 Å².